The third-order valence-electron chi connectivity index (χ3n) is 4.05. The molecule has 134 valence electrons. The van der Waals surface area contributed by atoms with Gasteiger partial charge < -0.3 is 15.4 Å². The number of fused-ring (bicyclic) bond motifs is 1. The first-order chi connectivity index (χ1) is 13.2. The zero-order chi connectivity index (χ0) is 18.6. The number of ether oxygens (including phenoxy) is 1. The summed E-state index contributed by atoms with van der Waals surface area (Å²) in [6.07, 6.45) is 0. The highest BCUT2D eigenvalue weighted by Gasteiger charge is 2.11. The normalized spacial score (nSPS) is 10.6. The first-order valence-corrected chi connectivity index (χ1v) is 8.80. The molecule has 0 aliphatic rings. The lowest BCUT2D eigenvalue weighted by molar-refractivity contribution is 0.417. The van der Waals surface area contributed by atoms with Gasteiger partial charge in [0, 0.05) is 16.1 Å². The zero-order valence-corrected chi connectivity index (χ0v) is 15.4. The topological polar surface area (TPSA) is 59.1 Å². The van der Waals surface area contributed by atoms with Crippen molar-refractivity contribution in [2.75, 3.05) is 17.7 Å². The lowest BCUT2D eigenvalue weighted by Crippen LogP contribution is -2.03. The fourth-order valence-corrected chi connectivity index (χ4v) is 2.96. The quantitative estimate of drug-likeness (QED) is 0.462. The molecule has 0 saturated heterocycles. The van der Waals surface area contributed by atoms with Crippen LogP contribution in [0, 0.1) is 0 Å². The van der Waals surface area contributed by atoms with Gasteiger partial charge in [0.05, 0.1) is 18.3 Å². The monoisotopic (exact) mass is 376 g/mol. The molecule has 4 aromatic rings. The van der Waals surface area contributed by atoms with Gasteiger partial charge in [-0.2, -0.15) is 4.98 Å². The van der Waals surface area contributed by atoms with Gasteiger partial charge in [-0.1, -0.05) is 41.9 Å². The van der Waals surface area contributed by atoms with Gasteiger partial charge in [0.25, 0.3) is 0 Å². The highest BCUT2D eigenvalue weighted by Crippen LogP contribution is 2.31. The summed E-state index contributed by atoms with van der Waals surface area (Å²) < 4.78 is 5.39. The van der Waals surface area contributed by atoms with Gasteiger partial charge in [0.2, 0.25) is 5.95 Å². The summed E-state index contributed by atoms with van der Waals surface area (Å²) >= 11 is 6.12. The van der Waals surface area contributed by atoms with E-state index in [1.807, 2.05) is 54.6 Å². The van der Waals surface area contributed by atoms with E-state index in [9.17, 15) is 0 Å². The molecule has 0 radical (unpaired) electrons. The van der Waals surface area contributed by atoms with Gasteiger partial charge in [0.15, 0.2) is 0 Å². The van der Waals surface area contributed by atoms with Gasteiger partial charge in [-0.3, -0.25) is 0 Å². The molecule has 0 unspecified atom stereocenters. The van der Waals surface area contributed by atoms with Crippen LogP contribution in [0.5, 0.6) is 5.75 Å². The Morgan fingerprint density at radius 3 is 2.44 bits per heavy atom. The van der Waals surface area contributed by atoms with Crippen molar-refractivity contribution >= 4 is 45.6 Å². The molecule has 2 N–H and O–H groups in total. The molecule has 0 bridgehead atoms. The summed E-state index contributed by atoms with van der Waals surface area (Å²) in [5.74, 6) is 1.83. The number of rotatable bonds is 5. The second kappa shape index (κ2) is 7.51. The fraction of sp³-hybridized carbons (Fsp3) is 0.0476. The molecule has 0 aliphatic carbocycles. The number of para-hydroxylation sites is 2. The minimum atomic E-state index is 0.452. The first kappa shape index (κ1) is 17.1. The summed E-state index contributed by atoms with van der Waals surface area (Å²) in [6.45, 7) is 0. The van der Waals surface area contributed by atoms with Gasteiger partial charge in [-0.15, -0.1) is 0 Å². The number of hydrogen-bond acceptors (Lipinski definition) is 5. The highest BCUT2D eigenvalue weighted by molar-refractivity contribution is 6.31. The molecule has 5 nitrogen and oxygen atoms in total. The second-order valence-corrected chi connectivity index (χ2v) is 6.31. The maximum atomic E-state index is 6.12. The molecular formula is C21H17ClN4O. The Morgan fingerprint density at radius 2 is 1.63 bits per heavy atom. The van der Waals surface area contributed by atoms with Crippen LogP contribution in [0.25, 0.3) is 10.9 Å². The van der Waals surface area contributed by atoms with Gasteiger partial charge in [-0.05, 0) is 42.5 Å². The molecule has 6 heteroatoms. The average molecular weight is 377 g/mol. The Kier molecular flexibility index (Phi) is 4.77. The van der Waals surface area contributed by atoms with Gasteiger partial charge in [-0.25, -0.2) is 4.98 Å². The standard InChI is InChI=1S/C21H17ClN4O/c1-27-19-12-11-14(22)13-18(19)25-21-24-17-10-6-5-9-16(17)20(26-21)23-15-7-3-2-4-8-15/h2-13H,1H3,(H2,23,24,25,26). The van der Waals surface area contributed by atoms with Crippen molar-refractivity contribution in [2.45, 2.75) is 0 Å². The first-order valence-electron chi connectivity index (χ1n) is 8.42. The lowest BCUT2D eigenvalue weighted by atomic mass is 10.2. The second-order valence-electron chi connectivity index (χ2n) is 5.87. The third-order valence-corrected chi connectivity index (χ3v) is 4.28. The number of anilines is 4. The molecule has 27 heavy (non-hydrogen) atoms. The molecule has 0 saturated carbocycles. The van der Waals surface area contributed by atoms with Crippen LogP contribution < -0.4 is 15.4 Å². The minimum absolute atomic E-state index is 0.452. The molecule has 3 aromatic carbocycles. The number of methoxy groups -OCH3 is 1. The smallest absolute Gasteiger partial charge is 0.229 e. The van der Waals surface area contributed by atoms with Crippen molar-refractivity contribution in [1.82, 2.24) is 9.97 Å². The zero-order valence-electron chi connectivity index (χ0n) is 14.6. The Bertz CT molecular complexity index is 1090. The van der Waals surface area contributed by atoms with Crippen LogP contribution >= 0.6 is 11.6 Å². The fourth-order valence-electron chi connectivity index (χ4n) is 2.78. The van der Waals surface area contributed by atoms with Crippen molar-refractivity contribution in [1.29, 1.82) is 0 Å². The van der Waals surface area contributed by atoms with E-state index in [0.717, 1.165) is 22.4 Å². The molecule has 0 spiro atoms. The van der Waals surface area contributed by atoms with E-state index in [1.54, 1.807) is 25.3 Å². The Labute approximate surface area is 162 Å². The summed E-state index contributed by atoms with van der Waals surface area (Å²) in [5, 5.41) is 8.11. The van der Waals surface area contributed by atoms with E-state index in [0.29, 0.717) is 22.4 Å². The molecule has 0 amide bonds. The molecule has 0 atom stereocenters. The maximum absolute atomic E-state index is 6.12. The van der Waals surface area contributed by atoms with E-state index in [-0.39, 0.29) is 0 Å². The minimum Gasteiger partial charge on any atom is -0.495 e. The van der Waals surface area contributed by atoms with Crippen LogP contribution in [0.3, 0.4) is 0 Å². The number of aromatic nitrogens is 2. The lowest BCUT2D eigenvalue weighted by Gasteiger charge is -2.13. The van der Waals surface area contributed by atoms with Crippen LogP contribution in [-0.2, 0) is 0 Å². The SMILES string of the molecule is COc1ccc(Cl)cc1Nc1nc(Nc2ccccc2)c2ccccc2n1. The van der Waals surface area contributed by atoms with Crippen LogP contribution in [0.2, 0.25) is 5.02 Å². The van der Waals surface area contributed by atoms with Crippen LogP contribution in [0.1, 0.15) is 0 Å². The van der Waals surface area contributed by atoms with Crippen molar-refractivity contribution in [2.24, 2.45) is 0 Å². The van der Waals surface area contributed by atoms with E-state index in [2.05, 4.69) is 20.6 Å². The molecule has 0 fully saturated rings. The molecular weight excluding hydrogens is 360 g/mol. The Hall–Kier alpha value is -3.31. The maximum Gasteiger partial charge on any atom is 0.229 e. The number of benzene rings is 3. The molecule has 4 rings (SSSR count). The molecule has 1 heterocycles. The number of nitrogens with zero attached hydrogens (tertiary/aromatic N) is 2. The van der Waals surface area contributed by atoms with Crippen LogP contribution in [0.4, 0.5) is 23.1 Å². The highest BCUT2D eigenvalue weighted by atomic mass is 35.5. The van der Waals surface area contributed by atoms with Crippen LogP contribution in [0.15, 0.2) is 72.8 Å². The average Bonchev–Trinajstić information content (AvgIpc) is 2.69. The summed E-state index contributed by atoms with van der Waals surface area (Å²) in [5.41, 5.74) is 2.48. The van der Waals surface area contributed by atoms with Crippen molar-refractivity contribution in [3.8, 4) is 5.75 Å². The number of nitrogens with one attached hydrogen (secondary N) is 2. The van der Waals surface area contributed by atoms with Crippen molar-refractivity contribution < 1.29 is 4.74 Å². The molecule has 1 aromatic heterocycles. The van der Waals surface area contributed by atoms with Crippen molar-refractivity contribution in [3.63, 3.8) is 0 Å². The van der Waals surface area contributed by atoms with Gasteiger partial charge >= 0.3 is 0 Å². The predicted molar refractivity (Wildman–Crippen MR) is 111 cm³/mol. The summed E-state index contributed by atoms with van der Waals surface area (Å²) in [4.78, 5) is 9.28. The van der Waals surface area contributed by atoms with Crippen molar-refractivity contribution in [3.05, 3.63) is 77.8 Å². The van der Waals surface area contributed by atoms with Gasteiger partial charge in [0.1, 0.15) is 11.6 Å². The number of hydrogen-bond donors (Lipinski definition) is 2. The summed E-state index contributed by atoms with van der Waals surface area (Å²) in [7, 11) is 1.61. The Morgan fingerprint density at radius 1 is 0.852 bits per heavy atom. The number of halogens is 1. The Balaban J connectivity index is 1.77. The van der Waals surface area contributed by atoms with E-state index < -0.39 is 0 Å². The van der Waals surface area contributed by atoms with E-state index in [1.165, 1.54) is 0 Å². The van der Waals surface area contributed by atoms with E-state index in [4.69, 9.17) is 16.3 Å². The van der Waals surface area contributed by atoms with Crippen LogP contribution in [-0.4, -0.2) is 17.1 Å². The predicted octanol–water partition coefficient (Wildman–Crippen LogP) is 5.78. The third kappa shape index (κ3) is 3.78. The van der Waals surface area contributed by atoms with E-state index >= 15 is 0 Å². The molecule has 0 aliphatic heterocycles. The largest absolute Gasteiger partial charge is 0.495 e. The summed E-state index contributed by atoms with van der Waals surface area (Å²) in [6, 6.07) is 23.1.